The molecule has 0 atom stereocenters. The van der Waals surface area contributed by atoms with Crippen LogP contribution in [-0.4, -0.2) is 25.4 Å². The first-order valence-electron chi connectivity index (χ1n) is 6.12. The summed E-state index contributed by atoms with van der Waals surface area (Å²) < 4.78 is 15.4. The van der Waals surface area contributed by atoms with Gasteiger partial charge in [-0.25, -0.2) is 0 Å². The molecule has 0 amide bonds. The molecule has 102 valence electrons. The largest absolute Gasteiger partial charge is 0.490 e. The van der Waals surface area contributed by atoms with E-state index in [2.05, 4.69) is 0 Å². The molecule has 0 aliphatic heterocycles. The van der Waals surface area contributed by atoms with Crippen LogP contribution in [0.25, 0.3) is 0 Å². The minimum absolute atomic E-state index is 0.197. The van der Waals surface area contributed by atoms with Gasteiger partial charge in [0.1, 0.15) is 18.6 Å². The smallest absolute Gasteiger partial charge is 0.227 e. The molecule has 0 radical (unpaired) electrons. The van der Waals surface area contributed by atoms with Gasteiger partial charge in [0.15, 0.2) is 0 Å². The van der Waals surface area contributed by atoms with Crippen LogP contribution in [0.2, 0.25) is 0 Å². The summed E-state index contributed by atoms with van der Waals surface area (Å²) in [4.78, 5) is 11.4. The number of rotatable bonds is 9. The molecule has 0 aliphatic rings. The maximum atomic E-state index is 11.4. The van der Waals surface area contributed by atoms with Gasteiger partial charge < -0.3 is 19.0 Å². The Labute approximate surface area is 106 Å². The molecule has 1 aromatic rings. The number of aliphatic hydroxyl groups is 1. The highest BCUT2D eigenvalue weighted by Gasteiger charge is 2.03. The summed E-state index contributed by atoms with van der Waals surface area (Å²) >= 11 is 0. The predicted molar refractivity (Wildman–Crippen MR) is 66.7 cm³/mol. The van der Waals surface area contributed by atoms with Crippen molar-refractivity contribution in [3.05, 3.63) is 28.3 Å². The van der Waals surface area contributed by atoms with Gasteiger partial charge >= 0.3 is 0 Å². The summed E-state index contributed by atoms with van der Waals surface area (Å²) in [6.45, 7) is 1.16. The Morgan fingerprint density at radius 3 is 2.72 bits per heavy atom. The number of unbranched alkanes of at least 4 members (excludes halogenated alkanes) is 3. The lowest BCUT2D eigenvalue weighted by Crippen LogP contribution is -2.06. The average Bonchev–Trinajstić information content (AvgIpc) is 2.38. The van der Waals surface area contributed by atoms with Gasteiger partial charge in [-0.1, -0.05) is 12.8 Å². The van der Waals surface area contributed by atoms with Crippen molar-refractivity contribution in [2.45, 2.75) is 32.3 Å². The second kappa shape index (κ2) is 8.72. The van der Waals surface area contributed by atoms with E-state index in [1.807, 2.05) is 0 Å². The zero-order valence-electron chi connectivity index (χ0n) is 10.7. The van der Waals surface area contributed by atoms with Gasteiger partial charge in [0.05, 0.1) is 7.11 Å². The van der Waals surface area contributed by atoms with Gasteiger partial charge in [-0.05, 0) is 12.8 Å². The zero-order valence-corrected chi connectivity index (χ0v) is 10.7. The Balaban J connectivity index is 2.19. The summed E-state index contributed by atoms with van der Waals surface area (Å²) in [6, 6.07) is 1.38. The fourth-order valence-electron chi connectivity index (χ4n) is 1.51. The number of ether oxygens (including phenoxy) is 2. The third kappa shape index (κ3) is 5.33. The van der Waals surface area contributed by atoms with Crippen molar-refractivity contribution in [1.29, 1.82) is 0 Å². The Kier molecular flexibility index (Phi) is 7.13. The molecule has 1 aromatic heterocycles. The molecule has 18 heavy (non-hydrogen) atoms. The molecule has 0 unspecified atom stereocenters. The number of hydrogen-bond donors (Lipinski definition) is 1. The van der Waals surface area contributed by atoms with Gasteiger partial charge in [0, 0.05) is 19.3 Å². The monoisotopic (exact) mass is 256 g/mol. The second-order valence-corrected chi connectivity index (χ2v) is 3.97. The van der Waals surface area contributed by atoms with E-state index in [9.17, 15) is 4.79 Å². The summed E-state index contributed by atoms with van der Waals surface area (Å²) in [7, 11) is 1.43. The first-order chi connectivity index (χ1) is 8.77. The van der Waals surface area contributed by atoms with Crippen molar-refractivity contribution in [1.82, 2.24) is 0 Å². The zero-order chi connectivity index (χ0) is 13.2. The maximum absolute atomic E-state index is 11.4. The number of hydrogen-bond acceptors (Lipinski definition) is 5. The van der Waals surface area contributed by atoms with Crippen LogP contribution in [-0.2, 0) is 11.3 Å². The third-order valence-corrected chi connectivity index (χ3v) is 2.51. The standard InChI is InChI=1S/C13H20O5/c1-16-13-10-18-11(8-12(13)15)9-17-7-5-3-2-4-6-14/h8,10,14H,2-7,9H2,1H3. The predicted octanol–water partition coefficient (Wildman–Crippen LogP) is 1.72. The Morgan fingerprint density at radius 2 is 2.06 bits per heavy atom. The topological polar surface area (TPSA) is 68.9 Å². The molecule has 5 nitrogen and oxygen atoms in total. The first kappa shape index (κ1) is 14.7. The molecule has 0 aromatic carbocycles. The summed E-state index contributed by atoms with van der Waals surface area (Å²) in [6.07, 6.45) is 5.13. The Hall–Kier alpha value is -1.33. The SMILES string of the molecule is COc1coc(COCCCCCCO)cc1=O. The van der Waals surface area contributed by atoms with E-state index >= 15 is 0 Å². The third-order valence-electron chi connectivity index (χ3n) is 2.51. The summed E-state index contributed by atoms with van der Waals surface area (Å²) in [5, 5.41) is 8.60. The van der Waals surface area contributed by atoms with Gasteiger partial charge in [-0.2, -0.15) is 0 Å². The molecule has 0 aliphatic carbocycles. The van der Waals surface area contributed by atoms with Gasteiger partial charge in [-0.15, -0.1) is 0 Å². The van der Waals surface area contributed by atoms with E-state index in [1.165, 1.54) is 19.4 Å². The van der Waals surface area contributed by atoms with Crippen LogP contribution < -0.4 is 10.2 Å². The molecule has 0 spiro atoms. The molecule has 0 fully saturated rings. The van der Waals surface area contributed by atoms with Crippen LogP contribution in [0.4, 0.5) is 0 Å². The lowest BCUT2D eigenvalue weighted by Gasteiger charge is -2.04. The molecule has 0 bridgehead atoms. The van der Waals surface area contributed by atoms with Crippen LogP contribution in [0.3, 0.4) is 0 Å². The number of methoxy groups -OCH3 is 1. The lowest BCUT2D eigenvalue weighted by molar-refractivity contribution is 0.100. The maximum Gasteiger partial charge on any atom is 0.227 e. The fourth-order valence-corrected chi connectivity index (χ4v) is 1.51. The fraction of sp³-hybridized carbons (Fsp3) is 0.615. The van der Waals surface area contributed by atoms with Crippen LogP contribution in [0.5, 0.6) is 5.75 Å². The van der Waals surface area contributed by atoms with Crippen molar-refractivity contribution in [2.75, 3.05) is 20.3 Å². The molecular weight excluding hydrogens is 236 g/mol. The van der Waals surface area contributed by atoms with Crippen LogP contribution in [0, 0.1) is 0 Å². The molecule has 1 rings (SSSR count). The van der Waals surface area contributed by atoms with Crippen LogP contribution >= 0.6 is 0 Å². The molecule has 1 N–H and O–H groups in total. The van der Waals surface area contributed by atoms with E-state index < -0.39 is 0 Å². The van der Waals surface area contributed by atoms with Crippen molar-refractivity contribution < 1.29 is 19.0 Å². The van der Waals surface area contributed by atoms with Crippen LogP contribution in [0.1, 0.15) is 31.4 Å². The van der Waals surface area contributed by atoms with Crippen LogP contribution in [0.15, 0.2) is 21.5 Å². The van der Waals surface area contributed by atoms with Crippen molar-refractivity contribution >= 4 is 0 Å². The van der Waals surface area contributed by atoms with Crippen molar-refractivity contribution in [3.63, 3.8) is 0 Å². The minimum atomic E-state index is -0.203. The first-order valence-corrected chi connectivity index (χ1v) is 6.12. The molecule has 5 heteroatoms. The van der Waals surface area contributed by atoms with E-state index in [1.54, 1.807) is 0 Å². The quantitative estimate of drug-likeness (QED) is 0.681. The molecular formula is C13H20O5. The molecule has 0 saturated carbocycles. The molecule has 1 heterocycles. The second-order valence-electron chi connectivity index (χ2n) is 3.97. The minimum Gasteiger partial charge on any atom is -0.490 e. The highest BCUT2D eigenvalue weighted by molar-refractivity contribution is 5.16. The highest BCUT2D eigenvalue weighted by atomic mass is 16.5. The van der Waals surface area contributed by atoms with Crippen molar-refractivity contribution in [3.8, 4) is 5.75 Å². The lowest BCUT2D eigenvalue weighted by atomic mass is 10.2. The van der Waals surface area contributed by atoms with Gasteiger partial charge in [0.25, 0.3) is 0 Å². The number of aliphatic hydroxyl groups excluding tert-OH is 1. The van der Waals surface area contributed by atoms with E-state index in [4.69, 9.17) is 19.0 Å². The molecule has 0 saturated heterocycles. The normalized spacial score (nSPS) is 10.6. The highest BCUT2D eigenvalue weighted by Crippen LogP contribution is 2.07. The van der Waals surface area contributed by atoms with E-state index in [0.717, 1.165) is 25.7 Å². The van der Waals surface area contributed by atoms with E-state index in [0.29, 0.717) is 19.0 Å². The van der Waals surface area contributed by atoms with Gasteiger partial charge in [0.2, 0.25) is 11.2 Å². The van der Waals surface area contributed by atoms with Gasteiger partial charge in [-0.3, -0.25) is 4.79 Å². The van der Waals surface area contributed by atoms with E-state index in [-0.39, 0.29) is 17.8 Å². The average molecular weight is 256 g/mol. The Bertz CT molecular complexity index is 385. The van der Waals surface area contributed by atoms with Crippen molar-refractivity contribution in [2.24, 2.45) is 0 Å². The Morgan fingerprint density at radius 1 is 1.28 bits per heavy atom. The summed E-state index contributed by atoms with van der Waals surface area (Å²) in [5.74, 6) is 0.693. The summed E-state index contributed by atoms with van der Waals surface area (Å²) in [5.41, 5.74) is -0.203.